The van der Waals surface area contributed by atoms with Crippen LogP contribution in [-0.4, -0.2) is 12.0 Å². The van der Waals surface area contributed by atoms with Crippen LogP contribution in [0.15, 0.2) is 30.5 Å². The SMILES string of the molecule is CNCc1cnc(C)cc1Oc1ccc(C)cc1Cl. The second-order valence-electron chi connectivity index (χ2n) is 4.50. The van der Waals surface area contributed by atoms with E-state index < -0.39 is 0 Å². The number of halogens is 1. The molecule has 100 valence electrons. The number of nitrogens with zero attached hydrogens (tertiary/aromatic N) is 1. The molecule has 0 spiro atoms. The predicted octanol–water partition coefficient (Wildman–Crippen LogP) is 3.86. The van der Waals surface area contributed by atoms with E-state index in [1.807, 2.05) is 51.4 Å². The van der Waals surface area contributed by atoms with Crippen molar-refractivity contribution in [2.24, 2.45) is 0 Å². The molecule has 3 nitrogen and oxygen atoms in total. The van der Waals surface area contributed by atoms with E-state index in [1.54, 1.807) is 0 Å². The van der Waals surface area contributed by atoms with Crippen LogP contribution >= 0.6 is 11.6 Å². The third kappa shape index (κ3) is 3.46. The lowest BCUT2D eigenvalue weighted by atomic mass is 10.2. The van der Waals surface area contributed by atoms with E-state index in [0.717, 1.165) is 22.6 Å². The van der Waals surface area contributed by atoms with Crippen molar-refractivity contribution in [1.29, 1.82) is 0 Å². The van der Waals surface area contributed by atoms with Crippen molar-refractivity contribution < 1.29 is 4.74 Å². The quantitative estimate of drug-likeness (QED) is 0.921. The molecule has 4 heteroatoms. The number of nitrogens with one attached hydrogen (secondary N) is 1. The van der Waals surface area contributed by atoms with Crippen molar-refractivity contribution in [3.05, 3.63) is 52.3 Å². The third-order valence-corrected chi connectivity index (χ3v) is 3.05. The first-order chi connectivity index (χ1) is 9.10. The van der Waals surface area contributed by atoms with Crippen LogP contribution in [0.1, 0.15) is 16.8 Å². The maximum Gasteiger partial charge on any atom is 0.146 e. The summed E-state index contributed by atoms with van der Waals surface area (Å²) < 4.78 is 5.92. The molecular formula is C15H17ClN2O. The summed E-state index contributed by atoms with van der Waals surface area (Å²) in [5, 5.41) is 3.72. The van der Waals surface area contributed by atoms with Gasteiger partial charge in [-0.25, -0.2) is 0 Å². The lowest BCUT2D eigenvalue weighted by Crippen LogP contribution is -2.07. The van der Waals surface area contributed by atoms with Crippen molar-refractivity contribution in [2.75, 3.05) is 7.05 Å². The molecule has 0 radical (unpaired) electrons. The van der Waals surface area contributed by atoms with Gasteiger partial charge in [-0.1, -0.05) is 17.7 Å². The molecule has 1 heterocycles. The van der Waals surface area contributed by atoms with Crippen LogP contribution in [0.2, 0.25) is 5.02 Å². The summed E-state index contributed by atoms with van der Waals surface area (Å²) in [5.74, 6) is 1.45. The molecule has 0 aliphatic heterocycles. The minimum absolute atomic E-state index is 0.616. The average Bonchev–Trinajstić information content (AvgIpc) is 2.36. The fourth-order valence-corrected chi connectivity index (χ4v) is 2.06. The van der Waals surface area contributed by atoms with Gasteiger partial charge in [-0.2, -0.15) is 0 Å². The van der Waals surface area contributed by atoms with Gasteiger partial charge in [-0.05, 0) is 38.6 Å². The first-order valence-electron chi connectivity index (χ1n) is 6.14. The molecule has 1 aromatic heterocycles. The zero-order valence-electron chi connectivity index (χ0n) is 11.3. The molecule has 0 atom stereocenters. The van der Waals surface area contributed by atoms with Gasteiger partial charge in [0.05, 0.1) is 5.02 Å². The fraction of sp³-hybridized carbons (Fsp3) is 0.267. The summed E-state index contributed by atoms with van der Waals surface area (Å²) in [4.78, 5) is 4.28. The number of aromatic nitrogens is 1. The van der Waals surface area contributed by atoms with Crippen LogP contribution in [0.5, 0.6) is 11.5 Å². The van der Waals surface area contributed by atoms with E-state index in [9.17, 15) is 0 Å². The van der Waals surface area contributed by atoms with Crippen LogP contribution < -0.4 is 10.1 Å². The summed E-state index contributed by atoms with van der Waals surface area (Å²) in [6.45, 7) is 4.64. The van der Waals surface area contributed by atoms with Crippen molar-refractivity contribution in [2.45, 2.75) is 20.4 Å². The lowest BCUT2D eigenvalue weighted by Gasteiger charge is -2.12. The van der Waals surface area contributed by atoms with E-state index in [0.29, 0.717) is 17.3 Å². The van der Waals surface area contributed by atoms with E-state index in [2.05, 4.69) is 10.3 Å². The Kier molecular flexibility index (Phi) is 4.40. The standard InChI is InChI=1S/C15H17ClN2O/c1-10-4-5-14(13(16)6-10)19-15-7-11(2)18-9-12(15)8-17-3/h4-7,9,17H,8H2,1-3H3. The Morgan fingerprint density at radius 2 is 2.00 bits per heavy atom. The first-order valence-corrected chi connectivity index (χ1v) is 6.52. The van der Waals surface area contributed by atoms with Crippen molar-refractivity contribution in [1.82, 2.24) is 10.3 Å². The van der Waals surface area contributed by atoms with Gasteiger partial charge in [0.2, 0.25) is 0 Å². The highest BCUT2D eigenvalue weighted by atomic mass is 35.5. The second-order valence-corrected chi connectivity index (χ2v) is 4.91. The second kappa shape index (κ2) is 6.04. The highest BCUT2D eigenvalue weighted by Gasteiger charge is 2.08. The number of rotatable bonds is 4. The lowest BCUT2D eigenvalue weighted by molar-refractivity contribution is 0.473. The average molecular weight is 277 g/mol. The zero-order valence-corrected chi connectivity index (χ0v) is 12.1. The number of pyridine rings is 1. The van der Waals surface area contributed by atoms with Crippen LogP contribution in [0.3, 0.4) is 0 Å². The van der Waals surface area contributed by atoms with E-state index >= 15 is 0 Å². The number of aryl methyl sites for hydroxylation is 2. The van der Waals surface area contributed by atoms with Gasteiger partial charge < -0.3 is 10.1 Å². The summed E-state index contributed by atoms with van der Waals surface area (Å²) in [5.41, 5.74) is 3.03. The number of hydrogen-bond donors (Lipinski definition) is 1. The normalized spacial score (nSPS) is 10.5. The molecule has 2 aromatic rings. The number of hydrogen-bond acceptors (Lipinski definition) is 3. The summed E-state index contributed by atoms with van der Waals surface area (Å²) in [7, 11) is 1.89. The van der Waals surface area contributed by atoms with Gasteiger partial charge in [-0.15, -0.1) is 0 Å². The molecule has 0 saturated heterocycles. The smallest absolute Gasteiger partial charge is 0.146 e. The van der Waals surface area contributed by atoms with Gasteiger partial charge in [-0.3, -0.25) is 4.98 Å². The molecular weight excluding hydrogens is 260 g/mol. The zero-order chi connectivity index (χ0) is 13.8. The van der Waals surface area contributed by atoms with Gasteiger partial charge in [0, 0.05) is 30.1 Å². The molecule has 0 amide bonds. The largest absolute Gasteiger partial charge is 0.455 e. The maximum atomic E-state index is 6.19. The topological polar surface area (TPSA) is 34.2 Å². The molecule has 0 aliphatic rings. The van der Waals surface area contributed by atoms with E-state index in [-0.39, 0.29) is 0 Å². The number of benzene rings is 1. The third-order valence-electron chi connectivity index (χ3n) is 2.76. The highest BCUT2D eigenvalue weighted by Crippen LogP contribution is 2.31. The number of ether oxygens (including phenoxy) is 1. The van der Waals surface area contributed by atoms with Crippen molar-refractivity contribution >= 4 is 11.6 Å². The fourth-order valence-electron chi connectivity index (χ4n) is 1.79. The maximum absolute atomic E-state index is 6.19. The Morgan fingerprint density at radius 1 is 1.21 bits per heavy atom. The Balaban J connectivity index is 2.33. The van der Waals surface area contributed by atoms with E-state index in [4.69, 9.17) is 16.3 Å². The molecule has 1 aromatic carbocycles. The molecule has 0 unspecified atom stereocenters. The van der Waals surface area contributed by atoms with Crippen molar-refractivity contribution in [3.8, 4) is 11.5 Å². The molecule has 0 aliphatic carbocycles. The molecule has 19 heavy (non-hydrogen) atoms. The van der Waals surface area contributed by atoms with E-state index in [1.165, 1.54) is 0 Å². The van der Waals surface area contributed by atoms with Crippen LogP contribution in [-0.2, 0) is 6.54 Å². The Hall–Kier alpha value is -1.58. The van der Waals surface area contributed by atoms with Crippen LogP contribution in [0.4, 0.5) is 0 Å². The molecule has 0 bridgehead atoms. The van der Waals surface area contributed by atoms with Gasteiger partial charge >= 0.3 is 0 Å². The molecule has 2 rings (SSSR count). The first kappa shape index (κ1) is 13.8. The predicted molar refractivity (Wildman–Crippen MR) is 78.0 cm³/mol. The Labute approximate surface area is 118 Å². The summed E-state index contributed by atoms with van der Waals surface area (Å²) in [6, 6.07) is 7.68. The molecule has 0 saturated carbocycles. The molecule has 1 N–H and O–H groups in total. The monoisotopic (exact) mass is 276 g/mol. The van der Waals surface area contributed by atoms with Crippen molar-refractivity contribution in [3.63, 3.8) is 0 Å². The van der Waals surface area contributed by atoms with Gasteiger partial charge in [0.15, 0.2) is 0 Å². The minimum atomic E-state index is 0.616. The van der Waals surface area contributed by atoms with Crippen LogP contribution in [0, 0.1) is 13.8 Å². The Bertz CT molecular complexity index is 584. The Morgan fingerprint density at radius 3 is 2.68 bits per heavy atom. The van der Waals surface area contributed by atoms with Crippen LogP contribution in [0.25, 0.3) is 0 Å². The summed E-state index contributed by atoms with van der Waals surface area (Å²) in [6.07, 6.45) is 1.82. The van der Waals surface area contributed by atoms with Gasteiger partial charge in [0.25, 0.3) is 0 Å². The summed E-state index contributed by atoms with van der Waals surface area (Å²) >= 11 is 6.19. The highest BCUT2D eigenvalue weighted by molar-refractivity contribution is 6.32. The molecule has 0 fully saturated rings. The van der Waals surface area contributed by atoms with Gasteiger partial charge in [0.1, 0.15) is 11.5 Å². The minimum Gasteiger partial charge on any atom is -0.455 e.